The SMILES string of the molecule is c1cnc(Oc2ccc3c(ccn3-c3ncccn3)c2)nc1. The molecule has 0 N–H and O–H groups in total. The van der Waals surface area contributed by atoms with E-state index in [1.54, 1.807) is 36.9 Å². The van der Waals surface area contributed by atoms with E-state index in [2.05, 4.69) is 19.9 Å². The third kappa shape index (κ3) is 2.26. The Morgan fingerprint density at radius 3 is 2.32 bits per heavy atom. The summed E-state index contributed by atoms with van der Waals surface area (Å²) in [6, 6.07) is 11.6. The largest absolute Gasteiger partial charge is 0.424 e. The minimum Gasteiger partial charge on any atom is -0.424 e. The van der Waals surface area contributed by atoms with E-state index in [-0.39, 0.29) is 0 Å². The summed E-state index contributed by atoms with van der Waals surface area (Å²) in [6.07, 6.45) is 8.66. The number of hydrogen-bond donors (Lipinski definition) is 0. The highest BCUT2D eigenvalue weighted by molar-refractivity contribution is 5.83. The van der Waals surface area contributed by atoms with Gasteiger partial charge in [-0.25, -0.2) is 19.9 Å². The Balaban J connectivity index is 1.71. The molecular weight excluding hydrogens is 278 g/mol. The van der Waals surface area contributed by atoms with Crippen molar-refractivity contribution in [1.29, 1.82) is 0 Å². The van der Waals surface area contributed by atoms with Crippen LogP contribution in [-0.4, -0.2) is 24.5 Å². The molecule has 0 fully saturated rings. The van der Waals surface area contributed by atoms with E-state index in [1.807, 2.05) is 35.0 Å². The number of hydrogen-bond acceptors (Lipinski definition) is 5. The zero-order chi connectivity index (χ0) is 14.8. The zero-order valence-corrected chi connectivity index (χ0v) is 11.5. The Morgan fingerprint density at radius 1 is 0.818 bits per heavy atom. The van der Waals surface area contributed by atoms with Gasteiger partial charge in [-0.05, 0) is 36.4 Å². The Morgan fingerprint density at radius 2 is 1.55 bits per heavy atom. The third-order valence-electron chi connectivity index (χ3n) is 3.18. The van der Waals surface area contributed by atoms with Crippen LogP contribution in [0, 0.1) is 0 Å². The number of rotatable bonds is 3. The van der Waals surface area contributed by atoms with Crippen molar-refractivity contribution in [2.45, 2.75) is 0 Å². The lowest BCUT2D eigenvalue weighted by atomic mass is 10.2. The van der Waals surface area contributed by atoms with Crippen LogP contribution >= 0.6 is 0 Å². The van der Waals surface area contributed by atoms with Gasteiger partial charge in [0.2, 0.25) is 5.95 Å². The molecule has 3 heterocycles. The fraction of sp³-hybridized carbons (Fsp3) is 0. The summed E-state index contributed by atoms with van der Waals surface area (Å²) in [5.74, 6) is 1.32. The fourth-order valence-electron chi connectivity index (χ4n) is 2.22. The van der Waals surface area contributed by atoms with Gasteiger partial charge in [-0.15, -0.1) is 0 Å². The van der Waals surface area contributed by atoms with Gasteiger partial charge in [-0.3, -0.25) is 4.57 Å². The molecule has 0 saturated carbocycles. The van der Waals surface area contributed by atoms with E-state index in [0.717, 1.165) is 10.9 Å². The van der Waals surface area contributed by atoms with E-state index < -0.39 is 0 Å². The fourth-order valence-corrected chi connectivity index (χ4v) is 2.22. The van der Waals surface area contributed by atoms with Crippen LogP contribution in [-0.2, 0) is 0 Å². The first-order valence-electron chi connectivity index (χ1n) is 6.73. The van der Waals surface area contributed by atoms with E-state index in [4.69, 9.17) is 4.74 Å². The molecule has 0 saturated heterocycles. The maximum Gasteiger partial charge on any atom is 0.321 e. The predicted molar refractivity (Wildman–Crippen MR) is 81.0 cm³/mol. The maximum atomic E-state index is 5.64. The van der Waals surface area contributed by atoms with E-state index in [0.29, 0.717) is 17.7 Å². The molecule has 0 spiro atoms. The molecule has 6 heteroatoms. The molecule has 0 amide bonds. The molecule has 0 atom stereocenters. The van der Waals surface area contributed by atoms with Gasteiger partial charge in [0, 0.05) is 36.4 Å². The van der Waals surface area contributed by atoms with Crippen molar-refractivity contribution in [2.75, 3.05) is 0 Å². The molecule has 4 aromatic rings. The molecule has 3 aromatic heterocycles. The zero-order valence-electron chi connectivity index (χ0n) is 11.5. The highest BCUT2D eigenvalue weighted by atomic mass is 16.5. The quantitative estimate of drug-likeness (QED) is 0.580. The molecular formula is C16H11N5O. The minimum absolute atomic E-state index is 0.327. The molecule has 0 unspecified atom stereocenters. The first-order valence-corrected chi connectivity index (χ1v) is 6.73. The van der Waals surface area contributed by atoms with E-state index in [9.17, 15) is 0 Å². The van der Waals surface area contributed by atoms with Crippen LogP contribution < -0.4 is 4.74 Å². The Labute approximate surface area is 126 Å². The van der Waals surface area contributed by atoms with Crippen molar-refractivity contribution in [3.05, 3.63) is 67.4 Å². The van der Waals surface area contributed by atoms with E-state index in [1.165, 1.54) is 0 Å². The van der Waals surface area contributed by atoms with Gasteiger partial charge in [0.1, 0.15) is 5.75 Å². The van der Waals surface area contributed by atoms with Crippen LogP contribution in [0.4, 0.5) is 0 Å². The minimum atomic E-state index is 0.327. The highest BCUT2D eigenvalue weighted by Crippen LogP contribution is 2.25. The monoisotopic (exact) mass is 289 g/mol. The molecule has 0 aliphatic rings. The third-order valence-corrected chi connectivity index (χ3v) is 3.18. The number of ether oxygens (including phenoxy) is 1. The molecule has 0 aliphatic heterocycles. The summed E-state index contributed by atoms with van der Waals surface area (Å²) in [7, 11) is 0. The summed E-state index contributed by atoms with van der Waals surface area (Å²) < 4.78 is 7.57. The summed E-state index contributed by atoms with van der Waals surface area (Å²) in [5.41, 5.74) is 1.01. The second-order valence-electron chi connectivity index (χ2n) is 4.59. The molecule has 4 rings (SSSR count). The molecule has 1 aromatic carbocycles. The standard InChI is InChI=1S/C16H11N5O/c1-6-17-15(18-7-1)21-10-5-12-11-13(3-4-14(12)21)22-16-19-8-2-9-20-16/h1-11H. The molecule has 0 radical (unpaired) electrons. The summed E-state index contributed by atoms with van der Waals surface area (Å²) in [6.45, 7) is 0. The van der Waals surface area contributed by atoms with Gasteiger partial charge in [-0.1, -0.05) is 0 Å². The normalized spacial score (nSPS) is 10.7. The van der Waals surface area contributed by atoms with Crippen molar-refractivity contribution in [3.63, 3.8) is 0 Å². The van der Waals surface area contributed by atoms with Crippen molar-refractivity contribution < 1.29 is 4.74 Å². The van der Waals surface area contributed by atoms with Gasteiger partial charge >= 0.3 is 6.01 Å². The molecule has 106 valence electrons. The van der Waals surface area contributed by atoms with Crippen LogP contribution in [0.5, 0.6) is 11.8 Å². The average Bonchev–Trinajstić information content (AvgIpc) is 3.00. The lowest BCUT2D eigenvalue weighted by Crippen LogP contribution is -1.97. The second-order valence-corrected chi connectivity index (χ2v) is 4.59. The number of benzene rings is 1. The van der Waals surface area contributed by atoms with Gasteiger partial charge in [0.25, 0.3) is 0 Å². The molecule has 6 nitrogen and oxygen atoms in total. The average molecular weight is 289 g/mol. The lowest BCUT2D eigenvalue weighted by Gasteiger charge is -2.05. The summed E-state index contributed by atoms with van der Waals surface area (Å²) in [5, 5.41) is 1.03. The van der Waals surface area contributed by atoms with Gasteiger partial charge in [0.15, 0.2) is 0 Å². The second kappa shape index (κ2) is 5.25. The van der Waals surface area contributed by atoms with Crippen molar-refractivity contribution in [2.24, 2.45) is 0 Å². The summed E-state index contributed by atoms with van der Waals surface area (Å²) in [4.78, 5) is 16.6. The molecule has 22 heavy (non-hydrogen) atoms. The smallest absolute Gasteiger partial charge is 0.321 e. The Hall–Kier alpha value is -3.28. The lowest BCUT2D eigenvalue weighted by molar-refractivity contribution is 0.442. The topological polar surface area (TPSA) is 65.7 Å². The van der Waals surface area contributed by atoms with Gasteiger partial charge in [-0.2, -0.15) is 0 Å². The van der Waals surface area contributed by atoms with Crippen molar-refractivity contribution in [3.8, 4) is 17.7 Å². The van der Waals surface area contributed by atoms with Crippen LogP contribution in [0.25, 0.3) is 16.9 Å². The first kappa shape index (κ1) is 12.5. The first-order chi connectivity index (χ1) is 10.9. The Bertz CT molecular complexity index is 906. The van der Waals surface area contributed by atoms with Crippen LogP contribution in [0.1, 0.15) is 0 Å². The van der Waals surface area contributed by atoms with Crippen molar-refractivity contribution in [1.82, 2.24) is 24.5 Å². The van der Waals surface area contributed by atoms with Crippen molar-refractivity contribution >= 4 is 10.9 Å². The van der Waals surface area contributed by atoms with Gasteiger partial charge < -0.3 is 4.74 Å². The molecule has 0 aliphatic carbocycles. The van der Waals surface area contributed by atoms with E-state index >= 15 is 0 Å². The highest BCUT2D eigenvalue weighted by Gasteiger charge is 2.07. The number of fused-ring (bicyclic) bond motifs is 1. The summed E-state index contributed by atoms with van der Waals surface area (Å²) >= 11 is 0. The molecule has 0 bridgehead atoms. The number of aromatic nitrogens is 5. The van der Waals surface area contributed by atoms with Gasteiger partial charge in [0.05, 0.1) is 5.52 Å². The van der Waals surface area contributed by atoms with Crippen LogP contribution in [0.3, 0.4) is 0 Å². The predicted octanol–water partition coefficient (Wildman–Crippen LogP) is 3.00. The Kier molecular flexibility index (Phi) is 2.97. The van der Waals surface area contributed by atoms with Crippen LogP contribution in [0.15, 0.2) is 67.4 Å². The van der Waals surface area contributed by atoms with Crippen LogP contribution in [0.2, 0.25) is 0 Å². The maximum absolute atomic E-state index is 5.64. The number of nitrogens with zero attached hydrogens (tertiary/aromatic N) is 5.